The van der Waals surface area contributed by atoms with Crippen LogP contribution in [0.25, 0.3) is 0 Å². The van der Waals surface area contributed by atoms with Crippen molar-refractivity contribution in [2.45, 2.75) is 71.4 Å². The van der Waals surface area contributed by atoms with Crippen molar-refractivity contribution in [1.29, 1.82) is 0 Å². The van der Waals surface area contributed by atoms with Crippen LogP contribution >= 0.6 is 11.6 Å². The molecule has 0 bridgehead atoms. The zero-order chi connectivity index (χ0) is 15.2. The van der Waals surface area contributed by atoms with Crippen molar-refractivity contribution in [2.24, 2.45) is 11.8 Å². The molecule has 0 amide bonds. The molecule has 1 aromatic rings. The number of hydrogen-bond donors (Lipinski definition) is 1. The van der Waals surface area contributed by atoms with Gasteiger partial charge >= 0.3 is 0 Å². The van der Waals surface area contributed by atoms with Crippen LogP contribution < -0.4 is 5.32 Å². The Labute approximate surface area is 135 Å². The smallest absolute Gasteiger partial charge is 0.0408 e. The van der Waals surface area contributed by atoms with Crippen molar-refractivity contribution in [3.05, 3.63) is 34.9 Å². The summed E-state index contributed by atoms with van der Waals surface area (Å²) < 4.78 is 0. The standard InChI is InChI=1S/C19H30ClN/c1-14(2)17-7-5-9-19(11-10-17)21-15(3)12-16-6-4-8-18(20)13-16/h4,6,8,13-15,17,19,21H,5,7,9-12H2,1-3H3. The highest BCUT2D eigenvalue weighted by Gasteiger charge is 2.21. The molecule has 118 valence electrons. The predicted molar refractivity (Wildman–Crippen MR) is 93.0 cm³/mol. The number of benzene rings is 1. The molecular formula is C19H30ClN. The monoisotopic (exact) mass is 307 g/mol. The maximum absolute atomic E-state index is 6.07. The Morgan fingerprint density at radius 2 is 1.95 bits per heavy atom. The van der Waals surface area contributed by atoms with Crippen molar-refractivity contribution >= 4 is 11.6 Å². The summed E-state index contributed by atoms with van der Waals surface area (Å²) in [5.41, 5.74) is 1.33. The van der Waals surface area contributed by atoms with E-state index in [1.807, 2.05) is 12.1 Å². The van der Waals surface area contributed by atoms with Gasteiger partial charge in [-0.25, -0.2) is 0 Å². The summed E-state index contributed by atoms with van der Waals surface area (Å²) in [6.07, 6.45) is 7.92. The third-order valence-electron chi connectivity index (χ3n) is 4.91. The third-order valence-corrected chi connectivity index (χ3v) is 5.14. The molecule has 0 heterocycles. The van der Waals surface area contributed by atoms with Gasteiger partial charge in [0, 0.05) is 17.1 Å². The molecule has 0 aromatic heterocycles. The summed E-state index contributed by atoms with van der Waals surface area (Å²) in [6, 6.07) is 9.46. The molecule has 0 radical (unpaired) electrons. The molecule has 21 heavy (non-hydrogen) atoms. The van der Waals surface area contributed by atoms with Crippen LogP contribution in [0.1, 0.15) is 58.4 Å². The first-order valence-electron chi connectivity index (χ1n) is 8.55. The zero-order valence-electron chi connectivity index (χ0n) is 13.7. The van der Waals surface area contributed by atoms with E-state index in [1.165, 1.54) is 37.7 Å². The van der Waals surface area contributed by atoms with E-state index in [0.717, 1.165) is 23.3 Å². The predicted octanol–water partition coefficient (Wildman–Crippen LogP) is 5.47. The van der Waals surface area contributed by atoms with Gasteiger partial charge in [0.25, 0.3) is 0 Å². The SMILES string of the molecule is CC(Cc1cccc(Cl)c1)NC1CCCC(C(C)C)CC1. The van der Waals surface area contributed by atoms with Gasteiger partial charge in [-0.1, -0.05) is 50.4 Å². The van der Waals surface area contributed by atoms with Crippen LogP contribution in [0, 0.1) is 11.8 Å². The van der Waals surface area contributed by atoms with Crippen LogP contribution in [0.15, 0.2) is 24.3 Å². The number of nitrogens with one attached hydrogen (secondary N) is 1. The Kier molecular flexibility index (Phi) is 6.57. The van der Waals surface area contributed by atoms with E-state index in [0.29, 0.717) is 12.1 Å². The lowest BCUT2D eigenvalue weighted by Crippen LogP contribution is -2.37. The minimum Gasteiger partial charge on any atom is -0.311 e. The topological polar surface area (TPSA) is 12.0 Å². The minimum atomic E-state index is 0.518. The van der Waals surface area contributed by atoms with Gasteiger partial charge in [-0.15, -0.1) is 0 Å². The summed E-state index contributed by atoms with van der Waals surface area (Å²) in [4.78, 5) is 0. The fourth-order valence-corrected chi connectivity index (χ4v) is 3.86. The summed E-state index contributed by atoms with van der Waals surface area (Å²) in [6.45, 7) is 7.05. The molecule has 0 aliphatic heterocycles. The highest BCUT2D eigenvalue weighted by Crippen LogP contribution is 2.29. The molecule has 1 N–H and O–H groups in total. The van der Waals surface area contributed by atoms with E-state index in [2.05, 4.69) is 38.2 Å². The average Bonchev–Trinajstić information content (AvgIpc) is 2.64. The zero-order valence-corrected chi connectivity index (χ0v) is 14.5. The lowest BCUT2D eigenvalue weighted by molar-refractivity contribution is 0.334. The Morgan fingerprint density at radius 3 is 2.67 bits per heavy atom. The molecule has 0 saturated heterocycles. The number of halogens is 1. The normalized spacial score (nSPS) is 24.8. The molecule has 2 rings (SSSR count). The van der Waals surface area contributed by atoms with Crippen LogP contribution in [0.4, 0.5) is 0 Å². The maximum Gasteiger partial charge on any atom is 0.0408 e. The first-order valence-corrected chi connectivity index (χ1v) is 8.93. The highest BCUT2D eigenvalue weighted by molar-refractivity contribution is 6.30. The van der Waals surface area contributed by atoms with E-state index in [9.17, 15) is 0 Å². The van der Waals surface area contributed by atoms with Crippen molar-refractivity contribution in [2.75, 3.05) is 0 Å². The third kappa shape index (κ3) is 5.64. The maximum atomic E-state index is 6.07. The summed E-state index contributed by atoms with van der Waals surface area (Å²) in [7, 11) is 0. The highest BCUT2D eigenvalue weighted by atomic mass is 35.5. The lowest BCUT2D eigenvalue weighted by Gasteiger charge is -2.23. The minimum absolute atomic E-state index is 0.518. The van der Waals surface area contributed by atoms with Gasteiger partial charge in [0.1, 0.15) is 0 Å². The Morgan fingerprint density at radius 1 is 1.14 bits per heavy atom. The largest absolute Gasteiger partial charge is 0.311 e. The molecule has 1 saturated carbocycles. The van der Waals surface area contributed by atoms with Crippen LogP contribution in [-0.2, 0) is 6.42 Å². The second-order valence-electron chi connectivity index (χ2n) is 7.11. The molecule has 1 aromatic carbocycles. The van der Waals surface area contributed by atoms with Crippen LogP contribution in [0.3, 0.4) is 0 Å². The Bertz CT molecular complexity index is 429. The second-order valence-corrected chi connectivity index (χ2v) is 7.55. The van der Waals surface area contributed by atoms with Gasteiger partial charge in [-0.05, 0) is 62.1 Å². The molecule has 2 heteroatoms. The molecule has 1 aliphatic rings. The molecule has 3 atom stereocenters. The molecule has 0 spiro atoms. The van der Waals surface area contributed by atoms with Gasteiger partial charge < -0.3 is 5.32 Å². The molecular weight excluding hydrogens is 278 g/mol. The van der Waals surface area contributed by atoms with Crippen molar-refractivity contribution < 1.29 is 0 Å². The van der Waals surface area contributed by atoms with Crippen LogP contribution in [0.2, 0.25) is 5.02 Å². The fraction of sp³-hybridized carbons (Fsp3) is 0.684. The van der Waals surface area contributed by atoms with Crippen LogP contribution in [0.5, 0.6) is 0 Å². The molecule has 1 fully saturated rings. The van der Waals surface area contributed by atoms with Gasteiger partial charge in [0.15, 0.2) is 0 Å². The summed E-state index contributed by atoms with van der Waals surface area (Å²) in [5, 5.41) is 4.68. The molecule has 1 nitrogen and oxygen atoms in total. The van der Waals surface area contributed by atoms with Gasteiger partial charge in [0.2, 0.25) is 0 Å². The molecule has 1 aliphatic carbocycles. The Balaban J connectivity index is 1.81. The van der Waals surface area contributed by atoms with Gasteiger partial charge in [-0.2, -0.15) is 0 Å². The number of hydrogen-bond acceptors (Lipinski definition) is 1. The average molecular weight is 308 g/mol. The van der Waals surface area contributed by atoms with Crippen molar-refractivity contribution in [3.63, 3.8) is 0 Å². The lowest BCUT2D eigenvalue weighted by atomic mass is 9.89. The Hall–Kier alpha value is -0.530. The molecule has 3 unspecified atom stereocenters. The quantitative estimate of drug-likeness (QED) is 0.712. The van der Waals surface area contributed by atoms with Crippen molar-refractivity contribution in [3.8, 4) is 0 Å². The fourth-order valence-electron chi connectivity index (χ4n) is 3.64. The van der Waals surface area contributed by atoms with E-state index < -0.39 is 0 Å². The van der Waals surface area contributed by atoms with E-state index >= 15 is 0 Å². The summed E-state index contributed by atoms with van der Waals surface area (Å²) >= 11 is 6.07. The first-order chi connectivity index (χ1) is 10.0. The second kappa shape index (κ2) is 8.19. The first kappa shape index (κ1) is 16.8. The van der Waals surface area contributed by atoms with E-state index in [4.69, 9.17) is 11.6 Å². The summed E-state index contributed by atoms with van der Waals surface area (Å²) in [5.74, 6) is 1.77. The van der Waals surface area contributed by atoms with E-state index in [1.54, 1.807) is 0 Å². The van der Waals surface area contributed by atoms with Gasteiger partial charge in [-0.3, -0.25) is 0 Å². The van der Waals surface area contributed by atoms with E-state index in [-0.39, 0.29) is 0 Å². The van der Waals surface area contributed by atoms with Crippen molar-refractivity contribution in [1.82, 2.24) is 5.32 Å². The van der Waals surface area contributed by atoms with Crippen LogP contribution in [-0.4, -0.2) is 12.1 Å². The number of rotatable bonds is 5. The van der Waals surface area contributed by atoms with Gasteiger partial charge in [0.05, 0.1) is 0 Å².